The van der Waals surface area contributed by atoms with E-state index in [9.17, 15) is 4.79 Å². The third kappa shape index (κ3) is 3.71. The molecule has 4 heteroatoms. The van der Waals surface area contributed by atoms with Crippen molar-refractivity contribution in [1.29, 1.82) is 0 Å². The van der Waals surface area contributed by atoms with Crippen LogP contribution in [0.2, 0.25) is 5.02 Å². The van der Waals surface area contributed by atoms with E-state index >= 15 is 0 Å². The lowest BCUT2D eigenvalue weighted by molar-refractivity contribution is -0.107. The highest BCUT2D eigenvalue weighted by atomic mass is 79.9. The van der Waals surface area contributed by atoms with Crippen LogP contribution in [-0.4, -0.2) is 11.5 Å². The Morgan fingerprint density at radius 3 is 2.77 bits per heavy atom. The monoisotopic (exact) mass is 278 g/mol. The minimum atomic E-state index is -0.0367. The van der Waals surface area contributed by atoms with Crippen molar-refractivity contribution >= 4 is 45.6 Å². The molecule has 1 unspecified atom stereocenters. The van der Waals surface area contributed by atoms with Crippen LogP contribution in [-0.2, 0) is 4.79 Å². The summed E-state index contributed by atoms with van der Waals surface area (Å²) >= 11 is 10.7. The van der Waals surface area contributed by atoms with E-state index in [1.54, 1.807) is 0 Å². The molecule has 0 saturated carbocycles. The summed E-state index contributed by atoms with van der Waals surface area (Å²) in [5.74, 6) is 0. The van der Waals surface area contributed by atoms with Crippen LogP contribution in [0.4, 0.5) is 0 Å². The number of benzene rings is 1. The summed E-state index contributed by atoms with van der Waals surface area (Å²) in [7, 11) is 0. The fourth-order valence-corrected chi connectivity index (χ4v) is 2.79. The zero-order valence-electron chi connectivity index (χ0n) is 6.96. The van der Waals surface area contributed by atoms with Crippen LogP contribution in [0.15, 0.2) is 27.6 Å². The van der Waals surface area contributed by atoms with E-state index in [4.69, 9.17) is 11.6 Å². The summed E-state index contributed by atoms with van der Waals surface area (Å²) in [5, 5.41) is 0.639. The Morgan fingerprint density at radius 1 is 1.54 bits per heavy atom. The molecule has 1 aromatic carbocycles. The van der Waals surface area contributed by atoms with Crippen molar-refractivity contribution in [2.45, 2.75) is 17.1 Å². The van der Waals surface area contributed by atoms with Gasteiger partial charge >= 0.3 is 0 Å². The predicted molar refractivity (Wildman–Crippen MR) is 60.5 cm³/mol. The second-order valence-corrected chi connectivity index (χ2v) is 5.37. The molecule has 0 fully saturated rings. The number of halogens is 2. The first-order valence-electron chi connectivity index (χ1n) is 3.70. The molecule has 13 heavy (non-hydrogen) atoms. The summed E-state index contributed by atoms with van der Waals surface area (Å²) in [4.78, 5) is 11.4. The number of carbonyl (C=O) groups excluding carboxylic acids is 1. The Kier molecular flexibility index (Phi) is 4.29. The number of hydrogen-bond donors (Lipinski definition) is 0. The Morgan fingerprint density at radius 2 is 2.23 bits per heavy atom. The molecule has 0 N–H and O–H groups in total. The van der Waals surface area contributed by atoms with Gasteiger partial charge in [-0.05, 0) is 25.1 Å². The second-order valence-electron chi connectivity index (χ2n) is 2.56. The van der Waals surface area contributed by atoms with Crippen LogP contribution in [0.1, 0.15) is 6.92 Å². The van der Waals surface area contributed by atoms with Gasteiger partial charge in [0.05, 0.1) is 5.25 Å². The maximum Gasteiger partial charge on any atom is 0.133 e. The maximum atomic E-state index is 10.4. The summed E-state index contributed by atoms with van der Waals surface area (Å²) in [6.07, 6.45) is 0.916. The predicted octanol–water partition coefficient (Wildman–Crippen LogP) is 3.78. The molecule has 1 aromatic rings. The molecular formula is C9H8BrClOS. The minimum absolute atomic E-state index is 0.0367. The van der Waals surface area contributed by atoms with E-state index in [2.05, 4.69) is 15.9 Å². The van der Waals surface area contributed by atoms with E-state index in [0.717, 1.165) is 15.7 Å². The number of hydrogen-bond acceptors (Lipinski definition) is 2. The zero-order valence-corrected chi connectivity index (χ0v) is 10.1. The van der Waals surface area contributed by atoms with Crippen molar-refractivity contribution in [2.75, 3.05) is 0 Å². The fraction of sp³-hybridized carbons (Fsp3) is 0.222. The molecule has 0 saturated heterocycles. The van der Waals surface area contributed by atoms with Crippen LogP contribution in [0.25, 0.3) is 0 Å². The number of carbonyl (C=O) groups is 1. The second kappa shape index (κ2) is 5.03. The Bertz CT molecular complexity index is 296. The van der Waals surface area contributed by atoms with Crippen molar-refractivity contribution in [3.8, 4) is 0 Å². The Labute approximate surface area is 95.0 Å². The van der Waals surface area contributed by atoms with Gasteiger partial charge < -0.3 is 4.79 Å². The van der Waals surface area contributed by atoms with Gasteiger partial charge in [0.25, 0.3) is 0 Å². The van der Waals surface area contributed by atoms with Crippen LogP contribution in [0, 0.1) is 0 Å². The van der Waals surface area contributed by atoms with Crippen LogP contribution in [0.5, 0.6) is 0 Å². The van der Waals surface area contributed by atoms with Crippen molar-refractivity contribution in [3.63, 3.8) is 0 Å². The molecule has 1 nitrogen and oxygen atoms in total. The molecule has 0 aromatic heterocycles. The van der Waals surface area contributed by atoms with E-state index in [1.165, 1.54) is 11.8 Å². The van der Waals surface area contributed by atoms with Crippen LogP contribution < -0.4 is 0 Å². The molecule has 1 rings (SSSR count). The normalized spacial score (nSPS) is 12.5. The van der Waals surface area contributed by atoms with Crippen LogP contribution in [0.3, 0.4) is 0 Å². The summed E-state index contributed by atoms with van der Waals surface area (Å²) in [6, 6.07) is 5.60. The van der Waals surface area contributed by atoms with Crippen molar-refractivity contribution in [2.24, 2.45) is 0 Å². The number of aldehydes is 1. The number of thioether (sulfide) groups is 1. The highest BCUT2D eigenvalue weighted by molar-refractivity contribution is 9.10. The SMILES string of the molecule is CC(C=O)Sc1cc(Cl)cc(Br)c1. The zero-order chi connectivity index (χ0) is 9.84. The fourth-order valence-electron chi connectivity index (χ4n) is 0.839. The summed E-state index contributed by atoms with van der Waals surface area (Å²) in [6.45, 7) is 1.85. The molecule has 0 amide bonds. The molecular weight excluding hydrogens is 272 g/mol. The topological polar surface area (TPSA) is 17.1 Å². The van der Waals surface area contributed by atoms with Gasteiger partial charge in [-0.2, -0.15) is 0 Å². The van der Waals surface area contributed by atoms with Gasteiger partial charge in [0, 0.05) is 14.4 Å². The Balaban J connectivity index is 2.82. The van der Waals surface area contributed by atoms with Gasteiger partial charge in [0.2, 0.25) is 0 Å². The van der Waals surface area contributed by atoms with Crippen molar-refractivity contribution < 1.29 is 4.79 Å². The molecule has 0 spiro atoms. The van der Waals surface area contributed by atoms with Gasteiger partial charge in [0.15, 0.2) is 0 Å². The largest absolute Gasteiger partial charge is 0.302 e. The minimum Gasteiger partial charge on any atom is -0.302 e. The summed E-state index contributed by atoms with van der Waals surface area (Å²) in [5.41, 5.74) is 0. The molecule has 0 aliphatic heterocycles. The van der Waals surface area contributed by atoms with Gasteiger partial charge in [-0.25, -0.2) is 0 Å². The third-order valence-corrected chi connectivity index (χ3v) is 3.02. The lowest BCUT2D eigenvalue weighted by Crippen LogP contribution is -1.95. The highest BCUT2D eigenvalue weighted by Gasteiger charge is 2.03. The van der Waals surface area contributed by atoms with E-state index in [-0.39, 0.29) is 5.25 Å². The molecule has 0 bridgehead atoms. The Hall–Kier alpha value is 0.01000. The molecule has 0 aliphatic carbocycles. The smallest absolute Gasteiger partial charge is 0.133 e. The molecule has 0 aliphatic rings. The van der Waals surface area contributed by atoms with Gasteiger partial charge in [0.1, 0.15) is 6.29 Å². The van der Waals surface area contributed by atoms with Crippen molar-refractivity contribution in [1.82, 2.24) is 0 Å². The van der Waals surface area contributed by atoms with Gasteiger partial charge in [-0.15, -0.1) is 11.8 Å². The third-order valence-electron chi connectivity index (χ3n) is 1.35. The van der Waals surface area contributed by atoms with E-state index in [0.29, 0.717) is 5.02 Å². The molecule has 0 radical (unpaired) electrons. The van der Waals surface area contributed by atoms with E-state index < -0.39 is 0 Å². The lowest BCUT2D eigenvalue weighted by atomic mass is 10.4. The molecule has 1 atom stereocenters. The first-order valence-corrected chi connectivity index (χ1v) is 5.75. The van der Waals surface area contributed by atoms with Gasteiger partial charge in [-0.3, -0.25) is 0 Å². The average molecular weight is 280 g/mol. The average Bonchev–Trinajstić information content (AvgIpc) is 2.02. The van der Waals surface area contributed by atoms with E-state index in [1.807, 2.05) is 25.1 Å². The maximum absolute atomic E-state index is 10.4. The quantitative estimate of drug-likeness (QED) is 0.619. The first kappa shape index (κ1) is 11.1. The van der Waals surface area contributed by atoms with Crippen molar-refractivity contribution in [3.05, 3.63) is 27.7 Å². The lowest BCUT2D eigenvalue weighted by Gasteiger charge is -2.04. The summed E-state index contributed by atoms with van der Waals surface area (Å²) < 4.78 is 0.931. The first-order chi connectivity index (χ1) is 6.11. The van der Waals surface area contributed by atoms with Gasteiger partial charge in [-0.1, -0.05) is 27.5 Å². The standard InChI is InChI=1S/C9H8BrClOS/c1-6(5-12)13-9-3-7(10)2-8(11)4-9/h2-6H,1H3. The highest BCUT2D eigenvalue weighted by Crippen LogP contribution is 2.28. The molecule has 70 valence electrons. The van der Waals surface area contributed by atoms with Crippen LogP contribution >= 0.6 is 39.3 Å². The molecule has 0 heterocycles. The number of rotatable bonds is 3.